The molecule has 0 rings (SSSR count). The summed E-state index contributed by atoms with van der Waals surface area (Å²) < 4.78 is 15.1. The molecule has 8 heteroatoms. The molecule has 0 unspecified atom stereocenters. The Bertz CT molecular complexity index is 343. The largest absolute Gasteiger partial charge is 0.448 e. The quantitative estimate of drug-likeness (QED) is 0.338. The lowest BCUT2D eigenvalue weighted by atomic mass is 10.2. The Hall–Kier alpha value is -1.54. The third-order valence-corrected chi connectivity index (χ3v) is 3.53. The second kappa shape index (κ2) is 19.8. The van der Waals surface area contributed by atoms with Crippen LogP contribution in [0.3, 0.4) is 0 Å². The van der Waals surface area contributed by atoms with E-state index in [1.165, 1.54) is 0 Å². The van der Waals surface area contributed by atoms with Gasteiger partial charge in [0.15, 0.2) is 0 Å². The Labute approximate surface area is 157 Å². The molecule has 0 heterocycles. The number of unbranched alkanes of at least 4 members (excludes halogenated alkanes) is 4. The first-order valence-electron chi connectivity index (χ1n) is 9.80. The van der Waals surface area contributed by atoms with E-state index in [-0.39, 0.29) is 12.7 Å². The first-order valence-corrected chi connectivity index (χ1v) is 9.80. The molecule has 154 valence electrons. The van der Waals surface area contributed by atoms with Crippen LogP contribution >= 0.6 is 0 Å². The highest BCUT2D eigenvalue weighted by molar-refractivity contribution is 5.67. The summed E-state index contributed by atoms with van der Waals surface area (Å²) in [5.74, 6) is 0. The molecular weight excluding hydrogens is 338 g/mol. The maximum absolute atomic E-state index is 11.4. The Kier molecular flexibility index (Phi) is 18.6. The monoisotopic (exact) mass is 375 g/mol. The second-order valence-electron chi connectivity index (χ2n) is 5.84. The highest BCUT2D eigenvalue weighted by Crippen LogP contribution is 1.98. The normalized spacial score (nSPS) is 10.4. The van der Waals surface area contributed by atoms with Gasteiger partial charge in [-0.3, -0.25) is 0 Å². The maximum Gasteiger partial charge on any atom is 0.407 e. The summed E-state index contributed by atoms with van der Waals surface area (Å²) in [6, 6.07) is 0. The van der Waals surface area contributed by atoms with E-state index in [1.54, 1.807) is 0 Å². The van der Waals surface area contributed by atoms with Crippen LogP contribution in [-0.2, 0) is 14.2 Å². The van der Waals surface area contributed by atoms with Crippen LogP contribution in [0.2, 0.25) is 0 Å². The van der Waals surface area contributed by atoms with E-state index < -0.39 is 6.09 Å². The van der Waals surface area contributed by atoms with Crippen molar-refractivity contribution >= 4 is 12.2 Å². The number of carbonyl (C=O) groups excluding carboxylic acids is 2. The highest BCUT2D eigenvalue weighted by Gasteiger charge is 2.02. The Morgan fingerprint density at radius 2 is 1.31 bits per heavy atom. The summed E-state index contributed by atoms with van der Waals surface area (Å²) in [4.78, 5) is 22.8. The molecule has 0 aromatic heterocycles. The maximum atomic E-state index is 11.4. The predicted octanol–water partition coefficient (Wildman–Crippen LogP) is 2.43. The van der Waals surface area contributed by atoms with Gasteiger partial charge in [-0.1, -0.05) is 26.2 Å². The Morgan fingerprint density at radius 3 is 1.88 bits per heavy atom. The molecule has 3 N–H and O–H groups in total. The summed E-state index contributed by atoms with van der Waals surface area (Å²) in [6.07, 6.45) is 5.27. The fourth-order valence-electron chi connectivity index (χ4n) is 2.07. The van der Waals surface area contributed by atoms with Crippen molar-refractivity contribution < 1.29 is 23.8 Å². The Morgan fingerprint density at radius 1 is 0.692 bits per heavy atom. The molecule has 0 saturated carbocycles. The molecule has 0 spiro atoms. The van der Waals surface area contributed by atoms with E-state index >= 15 is 0 Å². The van der Waals surface area contributed by atoms with Gasteiger partial charge in [0.25, 0.3) is 0 Å². The van der Waals surface area contributed by atoms with Gasteiger partial charge in [0.05, 0.1) is 6.61 Å². The minimum atomic E-state index is -0.404. The topological polar surface area (TPSA) is 97.9 Å². The highest BCUT2D eigenvalue weighted by atomic mass is 16.6. The molecule has 0 atom stereocenters. The molecule has 2 amide bonds. The molecule has 0 fully saturated rings. The first kappa shape index (κ1) is 24.5. The van der Waals surface area contributed by atoms with E-state index in [9.17, 15) is 9.59 Å². The number of hydrogen-bond donors (Lipinski definition) is 3. The fourth-order valence-corrected chi connectivity index (χ4v) is 2.07. The number of alkyl carbamates (subject to hydrolysis) is 2. The molecule has 0 saturated heterocycles. The molecular formula is C18H37N3O5. The number of rotatable bonds is 17. The molecule has 0 aliphatic rings. The van der Waals surface area contributed by atoms with Crippen LogP contribution in [0.4, 0.5) is 9.59 Å². The molecule has 0 radical (unpaired) electrons. The minimum absolute atomic E-state index is 0.274. The summed E-state index contributed by atoms with van der Waals surface area (Å²) in [5, 5.41) is 8.65. The lowest BCUT2D eigenvalue weighted by Gasteiger charge is -2.08. The van der Waals surface area contributed by atoms with Gasteiger partial charge in [0, 0.05) is 26.2 Å². The average molecular weight is 376 g/mol. The molecule has 0 aromatic rings. The average Bonchev–Trinajstić information content (AvgIpc) is 2.64. The fraction of sp³-hybridized carbons (Fsp3) is 0.889. The summed E-state index contributed by atoms with van der Waals surface area (Å²) >= 11 is 0. The third-order valence-electron chi connectivity index (χ3n) is 3.53. The van der Waals surface area contributed by atoms with Gasteiger partial charge >= 0.3 is 12.2 Å². The van der Waals surface area contributed by atoms with Gasteiger partial charge in [0.1, 0.15) is 13.2 Å². The standard InChI is InChI=1S/C18H37N3O5/c1-3-5-10-19-13-14-25-17(22)20-11-8-6-7-9-12-21-18(23)26-16-15-24-4-2/h19H,3-16H2,1-2H3,(H,20,22)(H,21,23). The van der Waals surface area contributed by atoms with Gasteiger partial charge in [-0.25, -0.2) is 9.59 Å². The zero-order valence-electron chi connectivity index (χ0n) is 16.4. The lowest BCUT2D eigenvalue weighted by molar-refractivity contribution is 0.0788. The zero-order valence-corrected chi connectivity index (χ0v) is 16.4. The third kappa shape index (κ3) is 18.8. The smallest absolute Gasteiger partial charge is 0.407 e. The van der Waals surface area contributed by atoms with Crippen LogP contribution in [0.25, 0.3) is 0 Å². The van der Waals surface area contributed by atoms with E-state index in [0.29, 0.717) is 39.5 Å². The van der Waals surface area contributed by atoms with E-state index in [1.807, 2.05) is 6.92 Å². The van der Waals surface area contributed by atoms with E-state index in [0.717, 1.165) is 45.1 Å². The number of carbonyl (C=O) groups is 2. The predicted molar refractivity (Wildman–Crippen MR) is 101 cm³/mol. The van der Waals surface area contributed by atoms with Crippen molar-refractivity contribution in [1.29, 1.82) is 0 Å². The molecule has 0 aromatic carbocycles. The number of nitrogens with one attached hydrogen (secondary N) is 3. The van der Waals surface area contributed by atoms with Crippen molar-refractivity contribution in [2.45, 2.75) is 52.4 Å². The molecule has 26 heavy (non-hydrogen) atoms. The lowest BCUT2D eigenvalue weighted by Crippen LogP contribution is -2.29. The van der Waals surface area contributed by atoms with Gasteiger partial charge < -0.3 is 30.2 Å². The summed E-state index contributed by atoms with van der Waals surface area (Å²) in [6.45, 7) is 8.59. The van der Waals surface area contributed by atoms with Crippen LogP contribution in [0.15, 0.2) is 0 Å². The second-order valence-corrected chi connectivity index (χ2v) is 5.84. The van der Waals surface area contributed by atoms with Crippen LogP contribution in [-0.4, -0.2) is 64.8 Å². The van der Waals surface area contributed by atoms with Gasteiger partial charge in [-0.05, 0) is 32.7 Å². The summed E-state index contributed by atoms with van der Waals surface area (Å²) in [5.41, 5.74) is 0. The van der Waals surface area contributed by atoms with Crippen LogP contribution in [0, 0.1) is 0 Å². The number of hydrogen-bond acceptors (Lipinski definition) is 6. The van der Waals surface area contributed by atoms with E-state index in [2.05, 4.69) is 22.9 Å². The van der Waals surface area contributed by atoms with Crippen LogP contribution in [0.5, 0.6) is 0 Å². The van der Waals surface area contributed by atoms with Crippen molar-refractivity contribution in [3.63, 3.8) is 0 Å². The SMILES string of the molecule is CCCCNCCOC(=O)NCCCCCCNC(=O)OCCOCC. The number of ether oxygens (including phenoxy) is 3. The first-order chi connectivity index (χ1) is 12.7. The summed E-state index contributed by atoms with van der Waals surface area (Å²) in [7, 11) is 0. The minimum Gasteiger partial charge on any atom is -0.448 e. The van der Waals surface area contributed by atoms with Gasteiger partial charge in [-0.2, -0.15) is 0 Å². The molecule has 8 nitrogen and oxygen atoms in total. The van der Waals surface area contributed by atoms with Gasteiger partial charge in [0.2, 0.25) is 0 Å². The van der Waals surface area contributed by atoms with Crippen molar-refractivity contribution in [1.82, 2.24) is 16.0 Å². The van der Waals surface area contributed by atoms with Crippen molar-refractivity contribution in [2.24, 2.45) is 0 Å². The van der Waals surface area contributed by atoms with Crippen molar-refractivity contribution in [2.75, 3.05) is 52.6 Å². The zero-order chi connectivity index (χ0) is 19.3. The van der Waals surface area contributed by atoms with E-state index in [4.69, 9.17) is 14.2 Å². The molecule has 0 aliphatic carbocycles. The number of amides is 2. The van der Waals surface area contributed by atoms with Gasteiger partial charge in [-0.15, -0.1) is 0 Å². The molecule has 0 aliphatic heterocycles. The van der Waals surface area contributed by atoms with Crippen molar-refractivity contribution in [3.05, 3.63) is 0 Å². The van der Waals surface area contributed by atoms with Crippen molar-refractivity contribution in [3.8, 4) is 0 Å². The Balaban J connectivity index is 3.25. The molecule has 0 bridgehead atoms. The van der Waals surface area contributed by atoms with Crippen LogP contribution in [0.1, 0.15) is 52.4 Å². The van der Waals surface area contributed by atoms with Crippen LogP contribution < -0.4 is 16.0 Å².